The van der Waals surface area contributed by atoms with Crippen molar-refractivity contribution in [2.24, 2.45) is 0 Å². The zero-order valence-electron chi connectivity index (χ0n) is 32.5. The van der Waals surface area contributed by atoms with Crippen molar-refractivity contribution in [3.05, 3.63) is 150 Å². The maximum absolute atomic E-state index is 14.1. The van der Waals surface area contributed by atoms with Crippen LogP contribution >= 0.6 is 18.1 Å². The van der Waals surface area contributed by atoms with Gasteiger partial charge in [-0.15, -0.1) is 0 Å². The minimum atomic E-state index is -0.562. The normalized spacial score (nSPS) is 12.6. The first-order chi connectivity index (χ1) is 28.3. The molecule has 1 aliphatic carbocycles. The molecule has 2 atom stereocenters. The van der Waals surface area contributed by atoms with E-state index in [0.717, 1.165) is 49.9 Å². The molecule has 10 heteroatoms. The highest BCUT2D eigenvalue weighted by molar-refractivity contribution is 7.27. The van der Waals surface area contributed by atoms with Crippen LogP contribution in [0.2, 0.25) is 0 Å². The molecule has 0 saturated carbocycles. The SMILES string of the molecule is CC(C)OC(=O)c1cc2c(c(-c3c(OPOc4cccc5ccccc45)c(C(=O)OC(C)C)cc4ccccc34)c1OPOc1cccc3ccccc13)CCC=C2. The number of benzene rings is 7. The summed E-state index contributed by atoms with van der Waals surface area (Å²) in [5.41, 5.74) is 3.37. The second-order valence-electron chi connectivity index (χ2n) is 14.4. The zero-order valence-corrected chi connectivity index (χ0v) is 34.5. The van der Waals surface area contributed by atoms with E-state index in [4.69, 9.17) is 27.6 Å². The molecule has 0 heterocycles. The van der Waals surface area contributed by atoms with Crippen LogP contribution in [0.3, 0.4) is 0 Å². The molecule has 2 unspecified atom stereocenters. The largest absolute Gasteiger partial charge is 0.459 e. The van der Waals surface area contributed by atoms with Crippen molar-refractivity contribution in [3.8, 4) is 34.1 Å². The van der Waals surface area contributed by atoms with Crippen LogP contribution in [0.1, 0.15) is 66.0 Å². The van der Waals surface area contributed by atoms with Crippen molar-refractivity contribution in [1.29, 1.82) is 0 Å². The second-order valence-corrected chi connectivity index (χ2v) is 15.6. The number of ether oxygens (including phenoxy) is 2. The summed E-state index contributed by atoms with van der Waals surface area (Å²) in [4.78, 5) is 28.3. The number of carbonyl (C=O) groups is 2. The van der Waals surface area contributed by atoms with Crippen molar-refractivity contribution >= 4 is 68.4 Å². The smallest absolute Gasteiger partial charge is 0.342 e. The van der Waals surface area contributed by atoms with Crippen molar-refractivity contribution in [2.75, 3.05) is 0 Å². The maximum atomic E-state index is 14.1. The fraction of sp³-hybridized carbons (Fsp3) is 0.167. The molecule has 1 aliphatic rings. The molecule has 292 valence electrons. The Morgan fingerprint density at radius 2 is 1.02 bits per heavy atom. The van der Waals surface area contributed by atoms with Crippen LogP contribution in [0.15, 0.2) is 127 Å². The van der Waals surface area contributed by atoms with Gasteiger partial charge < -0.3 is 27.6 Å². The molecule has 8 nitrogen and oxygen atoms in total. The molecule has 0 saturated heterocycles. The molecule has 0 aromatic heterocycles. The van der Waals surface area contributed by atoms with Gasteiger partial charge >= 0.3 is 11.9 Å². The van der Waals surface area contributed by atoms with Crippen LogP contribution in [0.5, 0.6) is 23.0 Å². The Morgan fingerprint density at radius 1 is 0.534 bits per heavy atom. The van der Waals surface area contributed by atoms with E-state index in [1.54, 1.807) is 19.9 Å². The summed E-state index contributed by atoms with van der Waals surface area (Å²) in [5.74, 6) is 0.691. The molecular formula is C48H42O8P2. The van der Waals surface area contributed by atoms with Crippen molar-refractivity contribution in [2.45, 2.75) is 52.7 Å². The third-order valence-corrected chi connectivity index (χ3v) is 10.9. The number of hydrogen-bond acceptors (Lipinski definition) is 8. The van der Waals surface area contributed by atoms with E-state index >= 15 is 0 Å². The number of esters is 2. The highest BCUT2D eigenvalue weighted by Crippen LogP contribution is 2.52. The van der Waals surface area contributed by atoms with Crippen molar-refractivity contribution in [1.82, 2.24) is 0 Å². The van der Waals surface area contributed by atoms with Crippen LogP contribution in [-0.4, -0.2) is 24.1 Å². The Balaban J connectivity index is 1.33. The van der Waals surface area contributed by atoms with Gasteiger partial charge in [0.2, 0.25) is 0 Å². The second kappa shape index (κ2) is 17.3. The van der Waals surface area contributed by atoms with Crippen LogP contribution in [0, 0.1) is 0 Å². The van der Waals surface area contributed by atoms with Gasteiger partial charge in [0, 0.05) is 21.9 Å². The minimum Gasteiger partial charge on any atom is -0.459 e. The van der Waals surface area contributed by atoms with E-state index in [-0.39, 0.29) is 22.6 Å². The zero-order chi connectivity index (χ0) is 40.2. The Bertz CT molecular complexity index is 2690. The van der Waals surface area contributed by atoms with E-state index in [0.29, 0.717) is 29.0 Å². The van der Waals surface area contributed by atoms with Gasteiger partial charge in [-0.3, -0.25) is 0 Å². The first kappa shape index (κ1) is 38.9. The van der Waals surface area contributed by atoms with E-state index in [1.165, 1.54) is 0 Å². The summed E-state index contributed by atoms with van der Waals surface area (Å²) in [5, 5.41) is 5.46. The summed E-state index contributed by atoms with van der Waals surface area (Å²) < 4.78 is 37.8. The molecule has 0 spiro atoms. The topological polar surface area (TPSA) is 89.5 Å². The molecule has 0 fully saturated rings. The number of fused-ring (bicyclic) bond motifs is 4. The van der Waals surface area contributed by atoms with Crippen LogP contribution < -0.4 is 18.1 Å². The first-order valence-corrected chi connectivity index (χ1v) is 20.9. The molecule has 0 bridgehead atoms. The number of allylic oxidation sites excluding steroid dienone is 1. The van der Waals surface area contributed by atoms with Crippen LogP contribution in [0.4, 0.5) is 0 Å². The van der Waals surface area contributed by atoms with Crippen LogP contribution in [-0.2, 0) is 15.9 Å². The predicted octanol–water partition coefficient (Wildman–Crippen LogP) is 12.8. The van der Waals surface area contributed by atoms with E-state index in [1.807, 2.05) is 135 Å². The fourth-order valence-corrected chi connectivity index (χ4v) is 8.49. The quantitative estimate of drug-likeness (QED) is 0.0840. The lowest BCUT2D eigenvalue weighted by atomic mass is 9.84. The Hall–Kier alpha value is -5.94. The van der Waals surface area contributed by atoms with E-state index in [9.17, 15) is 9.59 Å². The average molecular weight is 809 g/mol. The van der Waals surface area contributed by atoms with Crippen LogP contribution in [0.25, 0.3) is 49.5 Å². The van der Waals surface area contributed by atoms with Gasteiger partial charge in [-0.2, -0.15) is 0 Å². The number of rotatable bonds is 13. The lowest BCUT2D eigenvalue weighted by molar-refractivity contribution is 0.0364. The molecular weight excluding hydrogens is 766 g/mol. The monoisotopic (exact) mass is 808 g/mol. The number of hydrogen-bond donors (Lipinski definition) is 0. The molecule has 0 radical (unpaired) electrons. The Kier molecular flexibility index (Phi) is 11.6. The van der Waals surface area contributed by atoms with Gasteiger partial charge in [0.15, 0.2) is 0 Å². The van der Waals surface area contributed by atoms with Gasteiger partial charge in [-0.25, -0.2) is 9.59 Å². The molecule has 8 rings (SSSR count). The van der Waals surface area contributed by atoms with Gasteiger partial charge in [-0.1, -0.05) is 109 Å². The standard InChI is InChI=1S/C48H42O8P2/c1-29(2)51-47(49)39-27-33-17-7-11-23-37(33)43(45(39)55-57-53-41-25-13-19-31-15-5-9-21-35(31)41)44-38-24-12-8-18-34(38)28-40(48(50)52-30(3)4)46(44)56-58-54-42-26-14-20-32-16-6-10-22-36(32)42/h5-11,13-23,25-30,57-58H,12,24H2,1-4H3. The maximum Gasteiger partial charge on any atom is 0.342 e. The van der Waals surface area contributed by atoms with Gasteiger partial charge in [-0.05, 0) is 97.5 Å². The summed E-state index contributed by atoms with van der Waals surface area (Å²) >= 11 is 0. The molecule has 7 aromatic rings. The minimum absolute atomic E-state index is 0.215. The van der Waals surface area contributed by atoms with Gasteiger partial charge in [0.25, 0.3) is 18.1 Å². The average Bonchev–Trinajstić information content (AvgIpc) is 3.23. The summed E-state index contributed by atoms with van der Waals surface area (Å²) in [6.45, 7) is 7.23. The Morgan fingerprint density at radius 3 is 1.59 bits per heavy atom. The van der Waals surface area contributed by atoms with Gasteiger partial charge in [0.05, 0.1) is 12.2 Å². The first-order valence-electron chi connectivity index (χ1n) is 19.2. The summed E-state index contributed by atoms with van der Waals surface area (Å²) in [7, 11) is -1.12. The highest BCUT2D eigenvalue weighted by Gasteiger charge is 2.32. The van der Waals surface area contributed by atoms with E-state index in [2.05, 4.69) is 6.08 Å². The molecule has 7 aromatic carbocycles. The van der Waals surface area contributed by atoms with Crippen molar-refractivity contribution in [3.63, 3.8) is 0 Å². The van der Waals surface area contributed by atoms with E-state index < -0.39 is 42.2 Å². The molecule has 0 aliphatic heterocycles. The highest BCUT2D eigenvalue weighted by atomic mass is 31.1. The lowest BCUT2D eigenvalue weighted by Gasteiger charge is -2.26. The Labute approximate surface area is 341 Å². The lowest BCUT2D eigenvalue weighted by Crippen LogP contribution is -2.15. The van der Waals surface area contributed by atoms with Crippen molar-refractivity contribution < 1.29 is 37.2 Å². The fourth-order valence-electron chi connectivity index (χ4n) is 7.28. The summed E-state index contributed by atoms with van der Waals surface area (Å²) in [6, 6.07) is 39.0. The molecule has 0 amide bonds. The third kappa shape index (κ3) is 8.09. The predicted molar refractivity (Wildman–Crippen MR) is 235 cm³/mol. The third-order valence-electron chi connectivity index (χ3n) is 9.75. The molecule has 58 heavy (non-hydrogen) atoms. The van der Waals surface area contributed by atoms with Gasteiger partial charge in [0.1, 0.15) is 34.1 Å². The summed E-state index contributed by atoms with van der Waals surface area (Å²) in [6.07, 6.45) is 4.68. The molecule has 0 N–H and O–H groups in total. The number of carbonyl (C=O) groups excluding carboxylic acids is 2.